The third-order valence-corrected chi connectivity index (χ3v) is 8.60. The Labute approximate surface area is 121 Å². The van der Waals surface area contributed by atoms with Crippen LogP contribution >= 0.6 is 0 Å². The highest BCUT2D eigenvalue weighted by molar-refractivity contribution is 8.02. The van der Waals surface area contributed by atoms with E-state index in [-0.39, 0.29) is 0 Å². The maximum Gasteiger partial charge on any atom is 0.0991 e. The van der Waals surface area contributed by atoms with Crippen molar-refractivity contribution in [1.82, 2.24) is 0 Å². The molecular weight excluding hydrogens is 312 g/mol. The molecule has 0 aromatic rings. The molecule has 0 saturated carbocycles. The van der Waals surface area contributed by atoms with Gasteiger partial charge in [-0.2, -0.15) is 0 Å². The monoisotopic (exact) mass is 336 g/mol. The van der Waals surface area contributed by atoms with Crippen molar-refractivity contribution in [2.45, 2.75) is 27.7 Å². The minimum absolute atomic E-state index is 0.354. The van der Waals surface area contributed by atoms with Gasteiger partial charge in [0.1, 0.15) is 0 Å². The summed E-state index contributed by atoms with van der Waals surface area (Å²) in [6.45, 7) is 7.35. The summed E-state index contributed by atoms with van der Waals surface area (Å²) < 4.78 is 42.8. The van der Waals surface area contributed by atoms with Crippen molar-refractivity contribution in [3.63, 3.8) is 0 Å². The lowest BCUT2D eigenvalue weighted by Gasteiger charge is -1.94. The van der Waals surface area contributed by atoms with Gasteiger partial charge in [0.2, 0.25) is 0 Å². The third kappa shape index (κ3) is 14.7. The molecule has 18 heavy (non-hydrogen) atoms. The van der Waals surface area contributed by atoms with Crippen LogP contribution in [0.4, 0.5) is 0 Å². The van der Waals surface area contributed by atoms with Crippen LogP contribution in [0.2, 0.25) is 0 Å². The van der Waals surface area contributed by atoms with Crippen molar-refractivity contribution in [1.29, 1.82) is 0 Å². The zero-order chi connectivity index (χ0) is 14.6. The molecule has 0 heterocycles. The van der Waals surface area contributed by atoms with Crippen molar-refractivity contribution in [3.8, 4) is 0 Å². The molecule has 0 rings (SSSR count). The summed E-state index contributed by atoms with van der Waals surface area (Å²) in [6, 6.07) is 0. The molecule has 0 saturated heterocycles. The van der Waals surface area contributed by atoms with Crippen LogP contribution in [0.5, 0.6) is 0 Å². The van der Waals surface area contributed by atoms with Crippen molar-refractivity contribution in [2.24, 2.45) is 0 Å². The average Bonchev–Trinajstić information content (AvgIpc) is 2.38. The SMILES string of the molecule is CCS(=O)CS(=O)CC.CCS(=O)CS(=O)CC. The molecule has 0 aliphatic rings. The molecule has 8 heteroatoms. The highest BCUT2D eigenvalue weighted by atomic mass is 32.2. The summed E-state index contributed by atoms with van der Waals surface area (Å²) in [5.41, 5.74) is 0. The fraction of sp³-hybridized carbons (Fsp3) is 1.00. The first-order chi connectivity index (χ1) is 8.40. The standard InChI is InChI=1S/2C5H12O2S2/c2*1-3-8(6)5-9(7)4-2/h2*3-5H2,1-2H3. The molecule has 0 radical (unpaired) electrons. The highest BCUT2D eigenvalue weighted by Gasteiger charge is 2.00. The van der Waals surface area contributed by atoms with E-state index in [1.807, 2.05) is 27.7 Å². The molecule has 112 valence electrons. The van der Waals surface area contributed by atoms with Crippen molar-refractivity contribution in [3.05, 3.63) is 0 Å². The van der Waals surface area contributed by atoms with E-state index in [1.54, 1.807) is 0 Å². The molecule has 0 N–H and O–H groups in total. The van der Waals surface area contributed by atoms with E-state index in [0.29, 0.717) is 33.2 Å². The van der Waals surface area contributed by atoms with Crippen LogP contribution in [0.3, 0.4) is 0 Å². The summed E-state index contributed by atoms with van der Waals surface area (Å²) in [5, 5.41) is 0.708. The minimum atomic E-state index is -0.857. The van der Waals surface area contributed by atoms with Crippen LogP contribution in [-0.4, -0.2) is 50.0 Å². The van der Waals surface area contributed by atoms with Crippen molar-refractivity contribution in [2.75, 3.05) is 33.2 Å². The summed E-state index contributed by atoms with van der Waals surface area (Å²) >= 11 is 0. The summed E-state index contributed by atoms with van der Waals surface area (Å²) in [4.78, 5) is 0. The minimum Gasteiger partial charge on any atom is -0.259 e. The number of hydrogen-bond donors (Lipinski definition) is 0. The maximum absolute atomic E-state index is 10.7. The van der Waals surface area contributed by atoms with Gasteiger partial charge in [-0.3, -0.25) is 16.8 Å². The van der Waals surface area contributed by atoms with Gasteiger partial charge in [0, 0.05) is 66.2 Å². The van der Waals surface area contributed by atoms with Gasteiger partial charge in [-0.05, 0) is 0 Å². The van der Waals surface area contributed by atoms with Crippen LogP contribution in [0.25, 0.3) is 0 Å². The summed E-state index contributed by atoms with van der Waals surface area (Å²) in [5.74, 6) is 2.47. The zero-order valence-corrected chi connectivity index (χ0v) is 14.8. The van der Waals surface area contributed by atoms with Crippen molar-refractivity contribution < 1.29 is 16.8 Å². The van der Waals surface area contributed by atoms with Gasteiger partial charge in [-0.25, -0.2) is 0 Å². The first-order valence-corrected chi connectivity index (χ1v) is 11.8. The fourth-order valence-electron chi connectivity index (χ4n) is 0.627. The van der Waals surface area contributed by atoms with Crippen LogP contribution in [-0.2, 0) is 43.2 Å². The van der Waals surface area contributed by atoms with Gasteiger partial charge in [-0.1, -0.05) is 27.7 Å². The van der Waals surface area contributed by atoms with Crippen LogP contribution < -0.4 is 0 Å². The summed E-state index contributed by atoms with van der Waals surface area (Å²) in [6.07, 6.45) is 0. The predicted octanol–water partition coefficient (Wildman–Crippen LogP) is 0.962. The van der Waals surface area contributed by atoms with E-state index in [2.05, 4.69) is 0 Å². The number of rotatable bonds is 8. The average molecular weight is 337 g/mol. The summed E-state index contributed by atoms with van der Waals surface area (Å²) in [7, 11) is -3.43. The van der Waals surface area contributed by atoms with Crippen LogP contribution in [0.1, 0.15) is 27.7 Å². The molecule has 4 nitrogen and oxygen atoms in total. The Morgan fingerprint density at radius 2 is 0.667 bits per heavy atom. The lowest BCUT2D eigenvalue weighted by molar-refractivity contribution is 0.678. The van der Waals surface area contributed by atoms with E-state index >= 15 is 0 Å². The molecule has 0 aliphatic carbocycles. The Bertz CT molecular complexity index is 246. The lowest BCUT2D eigenvalue weighted by Crippen LogP contribution is -2.07. The lowest BCUT2D eigenvalue weighted by atomic mass is 11.0. The second-order valence-electron chi connectivity index (χ2n) is 3.15. The zero-order valence-electron chi connectivity index (χ0n) is 11.5. The second kappa shape index (κ2) is 14.0. The Kier molecular flexibility index (Phi) is 16.3. The molecule has 0 amide bonds. The Morgan fingerprint density at radius 3 is 0.778 bits per heavy atom. The Hall–Kier alpha value is 0.600. The van der Waals surface area contributed by atoms with Gasteiger partial charge in [0.25, 0.3) is 0 Å². The van der Waals surface area contributed by atoms with Gasteiger partial charge in [0.15, 0.2) is 0 Å². The normalized spacial score (nSPS) is 17.1. The van der Waals surface area contributed by atoms with E-state index < -0.39 is 43.2 Å². The Morgan fingerprint density at radius 1 is 0.500 bits per heavy atom. The topological polar surface area (TPSA) is 68.3 Å². The quantitative estimate of drug-likeness (QED) is 0.662. The molecular formula is C10H24O4S4. The largest absolute Gasteiger partial charge is 0.259 e. The molecule has 0 aliphatic heterocycles. The van der Waals surface area contributed by atoms with Crippen molar-refractivity contribution >= 4 is 43.2 Å². The van der Waals surface area contributed by atoms with Gasteiger partial charge < -0.3 is 0 Å². The third-order valence-electron chi connectivity index (χ3n) is 1.81. The van der Waals surface area contributed by atoms with Gasteiger partial charge in [0.05, 0.1) is 10.2 Å². The molecule has 4 atom stereocenters. The van der Waals surface area contributed by atoms with Gasteiger partial charge in [-0.15, -0.1) is 0 Å². The molecule has 0 aromatic carbocycles. The smallest absolute Gasteiger partial charge is 0.0991 e. The molecule has 4 unspecified atom stereocenters. The van der Waals surface area contributed by atoms with E-state index in [1.165, 1.54) is 0 Å². The maximum atomic E-state index is 10.7. The number of hydrogen-bond acceptors (Lipinski definition) is 4. The van der Waals surface area contributed by atoms with Crippen LogP contribution in [0.15, 0.2) is 0 Å². The Balaban J connectivity index is 0. The predicted molar refractivity (Wildman–Crippen MR) is 84.5 cm³/mol. The second-order valence-corrected chi connectivity index (χ2v) is 10.9. The van der Waals surface area contributed by atoms with Crippen LogP contribution in [0, 0.1) is 0 Å². The highest BCUT2D eigenvalue weighted by Crippen LogP contribution is 1.88. The molecule has 0 spiro atoms. The molecule has 0 bridgehead atoms. The molecule has 0 aromatic heterocycles. The van der Waals surface area contributed by atoms with E-state index in [9.17, 15) is 16.8 Å². The first-order valence-electron chi connectivity index (χ1n) is 5.80. The fourth-order valence-corrected chi connectivity index (χ4v) is 5.64. The van der Waals surface area contributed by atoms with Gasteiger partial charge >= 0.3 is 0 Å². The molecule has 0 fully saturated rings. The van der Waals surface area contributed by atoms with E-state index in [0.717, 1.165) is 0 Å². The van der Waals surface area contributed by atoms with E-state index in [4.69, 9.17) is 0 Å². The first kappa shape index (κ1) is 20.9.